The van der Waals surface area contributed by atoms with E-state index in [9.17, 15) is 14.0 Å². The van der Waals surface area contributed by atoms with Crippen molar-refractivity contribution in [1.82, 2.24) is 9.24 Å². The van der Waals surface area contributed by atoms with Crippen LogP contribution in [0.25, 0.3) is 10.9 Å². The molecule has 1 aliphatic carbocycles. The lowest BCUT2D eigenvalue weighted by Gasteiger charge is -2.31. The summed E-state index contributed by atoms with van der Waals surface area (Å²) in [4.78, 5) is 26.9. The highest BCUT2D eigenvalue weighted by Gasteiger charge is 2.32. The summed E-state index contributed by atoms with van der Waals surface area (Å²) in [7, 11) is 1.43. The molecule has 7 nitrogen and oxygen atoms in total. The van der Waals surface area contributed by atoms with Gasteiger partial charge < -0.3 is 15.5 Å². The lowest BCUT2D eigenvalue weighted by atomic mass is 10.1. The highest BCUT2D eigenvalue weighted by molar-refractivity contribution is 5.91. The highest BCUT2D eigenvalue weighted by Crippen LogP contribution is 2.42. The third kappa shape index (κ3) is 2.39. The van der Waals surface area contributed by atoms with Crippen LogP contribution in [0.15, 0.2) is 15.7 Å². The Bertz CT molecular complexity index is 955. The smallest absolute Gasteiger partial charge is 0.350 e. The number of nitrogens with zero attached hydrogens (tertiary/aromatic N) is 3. The molecule has 0 amide bonds. The highest BCUT2D eigenvalue weighted by atomic mass is 19.1. The van der Waals surface area contributed by atoms with Crippen molar-refractivity contribution in [2.75, 3.05) is 30.9 Å². The van der Waals surface area contributed by atoms with E-state index in [4.69, 9.17) is 10.6 Å². The summed E-state index contributed by atoms with van der Waals surface area (Å²) in [6, 6.07) is 1.14. The Morgan fingerprint density at radius 1 is 1.32 bits per heavy atom. The van der Waals surface area contributed by atoms with Crippen molar-refractivity contribution >= 4 is 16.6 Å². The Morgan fingerprint density at radius 2 is 2.08 bits per heavy atom. The van der Waals surface area contributed by atoms with Crippen LogP contribution in [0.2, 0.25) is 0 Å². The molecular formula is C17H20FN4O3. The fraction of sp³-hybridized carbons (Fsp3) is 0.471. The van der Waals surface area contributed by atoms with E-state index in [0.717, 1.165) is 25.7 Å². The van der Waals surface area contributed by atoms with Gasteiger partial charge in [0.25, 0.3) is 5.56 Å². The number of piperidine rings is 1. The van der Waals surface area contributed by atoms with Crippen LogP contribution < -0.4 is 26.7 Å². The lowest BCUT2D eigenvalue weighted by molar-refractivity contribution is 0.411. The van der Waals surface area contributed by atoms with Gasteiger partial charge in [-0.2, -0.15) is 4.68 Å². The van der Waals surface area contributed by atoms with Crippen LogP contribution in [-0.2, 0) is 0 Å². The number of hydrogen-bond acceptors (Lipinski definition) is 5. The number of ether oxygens (including phenoxy) is 1. The number of aromatic nitrogens is 2. The summed E-state index contributed by atoms with van der Waals surface area (Å²) in [5, 5.41) is 0.0630. The molecule has 1 radical (unpaired) electrons. The van der Waals surface area contributed by atoms with E-state index in [2.05, 4.69) is 6.42 Å². The first kappa shape index (κ1) is 16.0. The first-order chi connectivity index (χ1) is 12.0. The number of benzene rings is 1. The molecule has 0 unspecified atom stereocenters. The number of nitrogens with two attached hydrogens (primary N) is 1. The average Bonchev–Trinajstić information content (AvgIpc) is 3.45. The molecule has 2 aliphatic rings. The summed E-state index contributed by atoms with van der Waals surface area (Å²) in [5.74, 6) is 5.31. The summed E-state index contributed by atoms with van der Waals surface area (Å²) in [6.45, 7) is 1.29. The molecule has 1 saturated carbocycles. The Kier molecular flexibility index (Phi) is 3.70. The second-order valence-corrected chi connectivity index (χ2v) is 6.57. The van der Waals surface area contributed by atoms with Gasteiger partial charge in [-0.05, 0) is 38.2 Å². The molecule has 25 heavy (non-hydrogen) atoms. The molecule has 2 heterocycles. The van der Waals surface area contributed by atoms with Crippen molar-refractivity contribution < 1.29 is 9.13 Å². The number of methoxy groups -OCH3 is 1. The van der Waals surface area contributed by atoms with Crippen LogP contribution in [-0.4, -0.2) is 29.4 Å². The zero-order valence-corrected chi connectivity index (χ0v) is 14.0. The van der Waals surface area contributed by atoms with Gasteiger partial charge in [0.15, 0.2) is 11.6 Å². The van der Waals surface area contributed by atoms with E-state index in [0.29, 0.717) is 29.0 Å². The van der Waals surface area contributed by atoms with Crippen LogP contribution in [0.3, 0.4) is 0 Å². The Labute approximate surface area is 143 Å². The normalized spacial score (nSPS) is 17.9. The van der Waals surface area contributed by atoms with E-state index in [1.165, 1.54) is 17.7 Å². The van der Waals surface area contributed by atoms with Gasteiger partial charge in [-0.15, -0.1) is 0 Å². The third-order valence-corrected chi connectivity index (χ3v) is 4.90. The maximum absolute atomic E-state index is 14.9. The molecule has 1 aliphatic heterocycles. The minimum absolute atomic E-state index is 0.0365. The molecule has 0 bridgehead atoms. The van der Waals surface area contributed by atoms with E-state index >= 15 is 0 Å². The molecule has 1 aromatic carbocycles. The minimum Gasteiger partial charge on any atom is -0.492 e. The van der Waals surface area contributed by atoms with Crippen LogP contribution in [0, 0.1) is 12.2 Å². The van der Waals surface area contributed by atoms with E-state index < -0.39 is 17.1 Å². The maximum Gasteiger partial charge on any atom is 0.350 e. The van der Waals surface area contributed by atoms with Crippen molar-refractivity contribution in [1.29, 1.82) is 0 Å². The van der Waals surface area contributed by atoms with Gasteiger partial charge in [0.1, 0.15) is 11.2 Å². The predicted octanol–water partition coefficient (Wildman–Crippen LogP) is 1.16. The zero-order chi connectivity index (χ0) is 17.7. The van der Waals surface area contributed by atoms with E-state index in [1.54, 1.807) is 0 Å². The molecule has 1 saturated heterocycles. The molecule has 8 heteroatoms. The van der Waals surface area contributed by atoms with Gasteiger partial charge in [0.2, 0.25) is 0 Å². The second kappa shape index (κ2) is 5.79. The zero-order valence-electron chi connectivity index (χ0n) is 14.0. The van der Waals surface area contributed by atoms with Crippen molar-refractivity contribution in [2.24, 2.45) is 0 Å². The number of rotatable bonds is 3. The molecule has 2 aromatic rings. The summed E-state index contributed by atoms with van der Waals surface area (Å²) >= 11 is 0. The van der Waals surface area contributed by atoms with Crippen LogP contribution in [0.4, 0.5) is 10.1 Å². The molecule has 4 rings (SSSR count). The number of halogens is 1. The van der Waals surface area contributed by atoms with Crippen molar-refractivity contribution in [3.63, 3.8) is 0 Å². The van der Waals surface area contributed by atoms with Crippen LogP contribution in [0.1, 0.15) is 31.7 Å². The first-order valence-electron chi connectivity index (χ1n) is 8.44. The second-order valence-electron chi connectivity index (χ2n) is 6.57. The fourth-order valence-electron chi connectivity index (χ4n) is 3.56. The number of anilines is 1. The first-order valence-corrected chi connectivity index (χ1v) is 8.44. The Hall–Kier alpha value is -2.51. The average molecular weight is 347 g/mol. The predicted molar refractivity (Wildman–Crippen MR) is 93.1 cm³/mol. The lowest BCUT2D eigenvalue weighted by Crippen LogP contribution is -2.44. The number of fused-ring (bicyclic) bond motifs is 1. The molecule has 1 aromatic heterocycles. The third-order valence-electron chi connectivity index (χ3n) is 4.90. The quantitative estimate of drug-likeness (QED) is 0.843. The van der Waals surface area contributed by atoms with Gasteiger partial charge in [-0.1, -0.05) is 0 Å². The van der Waals surface area contributed by atoms with Crippen LogP contribution in [0.5, 0.6) is 5.75 Å². The standard InChI is InChI=1S/C17H20FN4O3/c1-25-15-13-11(9-12(18)14(15)20-7-3-2-4-8-20)16(23)22(19)17(24)21(13)10-5-6-10/h3,9-10H,2,4-8,19H2,1H3. The Morgan fingerprint density at radius 3 is 2.68 bits per heavy atom. The maximum atomic E-state index is 14.9. The molecule has 0 atom stereocenters. The van der Waals surface area contributed by atoms with Crippen molar-refractivity contribution in [3.05, 3.63) is 39.1 Å². The molecular weight excluding hydrogens is 327 g/mol. The molecule has 0 spiro atoms. The van der Waals surface area contributed by atoms with Gasteiger partial charge in [0.05, 0.1) is 12.5 Å². The van der Waals surface area contributed by atoms with Gasteiger partial charge in [0, 0.05) is 19.1 Å². The Balaban J connectivity index is 2.10. The number of nitrogen functional groups attached to an aromatic ring is 1. The van der Waals surface area contributed by atoms with E-state index in [1.807, 2.05) is 4.90 Å². The van der Waals surface area contributed by atoms with E-state index in [-0.39, 0.29) is 17.2 Å². The van der Waals surface area contributed by atoms with Gasteiger partial charge in [-0.3, -0.25) is 9.36 Å². The largest absolute Gasteiger partial charge is 0.492 e. The monoisotopic (exact) mass is 347 g/mol. The van der Waals surface area contributed by atoms with Gasteiger partial charge in [-0.25, -0.2) is 9.18 Å². The fourth-order valence-corrected chi connectivity index (χ4v) is 3.56. The SMILES string of the molecule is COc1c(N2C[CH]CCC2)c(F)cc2c(=O)n(N)c(=O)n(C3CC3)c12. The molecule has 2 fully saturated rings. The molecule has 133 valence electrons. The summed E-state index contributed by atoms with van der Waals surface area (Å²) < 4.78 is 22.4. The number of hydrogen-bond donors (Lipinski definition) is 1. The summed E-state index contributed by atoms with van der Waals surface area (Å²) in [5.41, 5.74) is -0.676. The minimum atomic E-state index is -0.717. The molecule has 2 N–H and O–H groups in total. The summed E-state index contributed by atoms with van der Waals surface area (Å²) in [6.07, 6.45) is 5.62. The van der Waals surface area contributed by atoms with Crippen LogP contribution >= 0.6 is 0 Å². The van der Waals surface area contributed by atoms with Crippen molar-refractivity contribution in [2.45, 2.75) is 31.7 Å². The van der Waals surface area contributed by atoms with Gasteiger partial charge >= 0.3 is 5.69 Å². The topological polar surface area (TPSA) is 82.5 Å². The van der Waals surface area contributed by atoms with Crippen molar-refractivity contribution in [3.8, 4) is 5.75 Å².